The van der Waals surface area contributed by atoms with E-state index in [0.29, 0.717) is 6.04 Å². The van der Waals surface area contributed by atoms with Crippen LogP contribution in [-0.2, 0) is 13.0 Å². The molecular weight excluding hydrogens is 284 g/mol. The Morgan fingerprint density at radius 1 is 1.17 bits per heavy atom. The summed E-state index contributed by atoms with van der Waals surface area (Å²) >= 11 is 0. The molecule has 0 fully saturated rings. The van der Waals surface area contributed by atoms with Crippen molar-refractivity contribution < 1.29 is 0 Å². The number of nitrogens with one attached hydrogen (secondary N) is 2. The van der Waals surface area contributed by atoms with Gasteiger partial charge in [0.25, 0.3) is 0 Å². The van der Waals surface area contributed by atoms with Gasteiger partial charge in [-0.15, -0.1) is 0 Å². The van der Waals surface area contributed by atoms with Gasteiger partial charge in [0, 0.05) is 6.20 Å². The highest BCUT2D eigenvalue weighted by molar-refractivity contribution is 5.74. The van der Waals surface area contributed by atoms with E-state index in [9.17, 15) is 0 Å². The standard InChI is InChI=1S/C17H18N4.C2H6/c1-2-8-14-13(7-1)20-16(21-14)11-19-15-9-3-5-12-6-4-10-18-17(12)15;1-2/h1-2,4,6-8,10,15,19H,3,5,9,11H2,(H,20,21);1-2H3. The van der Waals surface area contributed by atoms with Gasteiger partial charge in [-0.2, -0.15) is 0 Å². The predicted molar refractivity (Wildman–Crippen MR) is 94.2 cm³/mol. The zero-order valence-electron chi connectivity index (χ0n) is 13.8. The van der Waals surface area contributed by atoms with Crippen LogP contribution in [0.25, 0.3) is 11.0 Å². The molecule has 0 spiro atoms. The number of aryl methyl sites for hydroxylation is 1. The van der Waals surface area contributed by atoms with Crippen LogP contribution in [0.5, 0.6) is 0 Å². The minimum Gasteiger partial charge on any atom is -0.341 e. The van der Waals surface area contributed by atoms with E-state index >= 15 is 0 Å². The van der Waals surface area contributed by atoms with Gasteiger partial charge in [-0.3, -0.25) is 4.98 Å². The van der Waals surface area contributed by atoms with Crippen LogP contribution in [0.3, 0.4) is 0 Å². The summed E-state index contributed by atoms with van der Waals surface area (Å²) in [6, 6.07) is 12.7. The number of imidazole rings is 1. The van der Waals surface area contributed by atoms with E-state index in [4.69, 9.17) is 0 Å². The van der Waals surface area contributed by atoms with E-state index in [1.54, 1.807) is 0 Å². The Bertz CT molecular complexity index is 730. The fourth-order valence-electron chi connectivity index (χ4n) is 3.12. The molecule has 4 nitrogen and oxygen atoms in total. The quantitative estimate of drug-likeness (QED) is 0.764. The zero-order chi connectivity index (χ0) is 16.1. The molecule has 1 atom stereocenters. The topological polar surface area (TPSA) is 53.6 Å². The maximum absolute atomic E-state index is 4.61. The molecule has 0 saturated heterocycles. The molecule has 1 aliphatic rings. The number of fused-ring (bicyclic) bond motifs is 2. The lowest BCUT2D eigenvalue weighted by Gasteiger charge is -2.24. The smallest absolute Gasteiger partial charge is 0.121 e. The van der Waals surface area contributed by atoms with Crippen LogP contribution in [-0.4, -0.2) is 15.0 Å². The molecular formula is C19H24N4. The fourth-order valence-corrected chi connectivity index (χ4v) is 3.12. The van der Waals surface area contributed by atoms with E-state index in [0.717, 1.165) is 36.2 Å². The highest BCUT2D eigenvalue weighted by Crippen LogP contribution is 2.27. The first-order valence-corrected chi connectivity index (χ1v) is 8.51. The summed E-state index contributed by atoms with van der Waals surface area (Å²) in [7, 11) is 0. The lowest BCUT2D eigenvalue weighted by Crippen LogP contribution is -2.26. The van der Waals surface area contributed by atoms with Crippen LogP contribution in [0.15, 0.2) is 42.6 Å². The van der Waals surface area contributed by atoms with Crippen LogP contribution < -0.4 is 5.32 Å². The molecule has 1 aliphatic carbocycles. The molecule has 4 heteroatoms. The van der Waals surface area contributed by atoms with E-state index in [1.165, 1.54) is 17.7 Å². The van der Waals surface area contributed by atoms with Gasteiger partial charge in [0.05, 0.1) is 29.3 Å². The van der Waals surface area contributed by atoms with Gasteiger partial charge in [-0.1, -0.05) is 32.0 Å². The van der Waals surface area contributed by atoms with Crippen molar-refractivity contribution in [2.45, 2.75) is 45.7 Å². The van der Waals surface area contributed by atoms with Crippen molar-refractivity contribution >= 4 is 11.0 Å². The Labute approximate surface area is 137 Å². The number of benzene rings is 1. The molecule has 0 aliphatic heterocycles. The molecule has 0 amide bonds. The maximum Gasteiger partial charge on any atom is 0.121 e. The Hall–Kier alpha value is -2.20. The largest absolute Gasteiger partial charge is 0.341 e. The highest BCUT2D eigenvalue weighted by atomic mass is 15.0. The number of rotatable bonds is 3. The average Bonchev–Trinajstić information content (AvgIpc) is 3.04. The molecule has 2 heterocycles. The number of hydrogen-bond acceptors (Lipinski definition) is 3. The first-order valence-electron chi connectivity index (χ1n) is 8.51. The molecule has 0 bridgehead atoms. The van der Waals surface area contributed by atoms with E-state index < -0.39 is 0 Å². The van der Waals surface area contributed by atoms with Crippen LogP contribution in [0.2, 0.25) is 0 Å². The first-order chi connectivity index (χ1) is 11.4. The van der Waals surface area contributed by atoms with Gasteiger partial charge < -0.3 is 10.3 Å². The summed E-state index contributed by atoms with van der Waals surface area (Å²) in [6.45, 7) is 4.75. The molecule has 3 aromatic rings. The van der Waals surface area contributed by atoms with E-state index in [1.807, 2.05) is 44.3 Å². The maximum atomic E-state index is 4.61. The van der Waals surface area contributed by atoms with Crippen LogP contribution in [0.4, 0.5) is 0 Å². The summed E-state index contributed by atoms with van der Waals surface area (Å²) in [6.07, 6.45) is 5.40. The molecule has 1 aromatic carbocycles. The van der Waals surface area contributed by atoms with Crippen molar-refractivity contribution in [2.75, 3.05) is 0 Å². The number of H-pyrrole nitrogens is 1. The Morgan fingerprint density at radius 2 is 2.04 bits per heavy atom. The summed E-state index contributed by atoms with van der Waals surface area (Å²) in [4.78, 5) is 12.5. The minimum absolute atomic E-state index is 0.336. The number of aromatic amines is 1. The van der Waals surface area contributed by atoms with Crippen molar-refractivity contribution in [3.8, 4) is 0 Å². The molecule has 2 N–H and O–H groups in total. The van der Waals surface area contributed by atoms with Crippen molar-refractivity contribution in [1.29, 1.82) is 0 Å². The normalized spacial score (nSPS) is 16.5. The number of pyridine rings is 1. The Balaban J connectivity index is 0.000000753. The fraction of sp³-hybridized carbons (Fsp3) is 0.368. The second kappa shape index (κ2) is 7.38. The monoisotopic (exact) mass is 308 g/mol. The third-order valence-corrected chi connectivity index (χ3v) is 4.15. The number of nitrogens with zero attached hydrogens (tertiary/aromatic N) is 2. The second-order valence-corrected chi connectivity index (χ2v) is 5.57. The van der Waals surface area contributed by atoms with Crippen LogP contribution >= 0.6 is 0 Å². The summed E-state index contributed by atoms with van der Waals surface area (Å²) in [5, 5.41) is 3.60. The Kier molecular flexibility index (Phi) is 5.03. The van der Waals surface area contributed by atoms with Crippen molar-refractivity contribution in [2.24, 2.45) is 0 Å². The van der Waals surface area contributed by atoms with Gasteiger partial charge in [-0.05, 0) is 43.0 Å². The highest BCUT2D eigenvalue weighted by Gasteiger charge is 2.20. The van der Waals surface area contributed by atoms with Crippen molar-refractivity contribution in [3.63, 3.8) is 0 Å². The predicted octanol–water partition coefficient (Wildman–Crippen LogP) is 4.15. The summed E-state index contributed by atoms with van der Waals surface area (Å²) < 4.78 is 0. The minimum atomic E-state index is 0.336. The summed E-state index contributed by atoms with van der Waals surface area (Å²) in [5.74, 6) is 0.985. The number of hydrogen-bond donors (Lipinski definition) is 2. The molecule has 4 rings (SSSR count). The van der Waals surface area contributed by atoms with Crippen LogP contribution in [0.1, 0.15) is 49.8 Å². The summed E-state index contributed by atoms with van der Waals surface area (Å²) in [5.41, 5.74) is 4.71. The van der Waals surface area contributed by atoms with Gasteiger partial charge in [-0.25, -0.2) is 4.98 Å². The van der Waals surface area contributed by atoms with Gasteiger partial charge >= 0.3 is 0 Å². The lowest BCUT2D eigenvalue weighted by atomic mass is 9.92. The van der Waals surface area contributed by atoms with Gasteiger partial charge in [0.2, 0.25) is 0 Å². The van der Waals surface area contributed by atoms with Crippen molar-refractivity contribution in [1.82, 2.24) is 20.3 Å². The first kappa shape index (κ1) is 15.7. The van der Waals surface area contributed by atoms with Crippen molar-refractivity contribution in [3.05, 3.63) is 59.7 Å². The SMILES string of the molecule is CC.c1cnc2c(c1)CCCC2NCc1nc2ccccc2[nH]1. The third kappa shape index (κ3) is 3.42. The molecule has 0 radical (unpaired) electrons. The average molecular weight is 308 g/mol. The van der Waals surface area contributed by atoms with Crippen LogP contribution in [0, 0.1) is 0 Å². The van der Waals surface area contributed by atoms with E-state index in [-0.39, 0.29) is 0 Å². The molecule has 1 unspecified atom stereocenters. The van der Waals surface area contributed by atoms with Gasteiger partial charge in [0.15, 0.2) is 0 Å². The number of aromatic nitrogens is 3. The second-order valence-electron chi connectivity index (χ2n) is 5.57. The van der Waals surface area contributed by atoms with Gasteiger partial charge in [0.1, 0.15) is 5.82 Å². The molecule has 120 valence electrons. The van der Waals surface area contributed by atoms with E-state index in [2.05, 4.69) is 32.4 Å². The zero-order valence-corrected chi connectivity index (χ0v) is 13.8. The third-order valence-electron chi connectivity index (χ3n) is 4.15. The molecule has 2 aromatic heterocycles. The number of para-hydroxylation sites is 2. The Morgan fingerprint density at radius 3 is 2.91 bits per heavy atom. The lowest BCUT2D eigenvalue weighted by molar-refractivity contribution is 0.443. The molecule has 23 heavy (non-hydrogen) atoms. The molecule has 0 saturated carbocycles.